The molecular formula is C38H61N3O4. The van der Waals surface area contributed by atoms with Crippen molar-refractivity contribution in [2.45, 2.75) is 122 Å². The number of hydrogen-bond donors (Lipinski definition) is 1. The summed E-state index contributed by atoms with van der Waals surface area (Å²) in [5, 5.41) is 3.61. The van der Waals surface area contributed by atoms with Crippen molar-refractivity contribution in [3.05, 3.63) is 41.7 Å². The van der Waals surface area contributed by atoms with E-state index in [1.54, 1.807) is 13.4 Å². The van der Waals surface area contributed by atoms with Gasteiger partial charge in [0.05, 0.1) is 31.5 Å². The van der Waals surface area contributed by atoms with Crippen molar-refractivity contribution < 1.29 is 19.1 Å². The average molecular weight is 624 g/mol. The third-order valence-corrected chi connectivity index (χ3v) is 10.9. The largest absolute Gasteiger partial charge is 0.504 e. The fourth-order valence-corrected chi connectivity index (χ4v) is 8.43. The number of carbonyl (C=O) groups excluding carboxylic acids is 2. The number of benzene rings is 1. The van der Waals surface area contributed by atoms with Crippen LogP contribution in [0.15, 0.2) is 36.1 Å². The van der Waals surface area contributed by atoms with Gasteiger partial charge in [-0.2, -0.15) is 0 Å². The van der Waals surface area contributed by atoms with Crippen molar-refractivity contribution in [1.82, 2.24) is 10.2 Å². The predicted octanol–water partition coefficient (Wildman–Crippen LogP) is 7.39. The molecule has 2 fully saturated rings. The van der Waals surface area contributed by atoms with Crippen LogP contribution in [-0.2, 0) is 24.5 Å². The standard InChI is InChI=1S/C38H61N3O4/c1-5-7-8-12-17-23-39-24-18-13-10-9-11-14-19-25-41-34-21-16-15-20-33(34)38(37(41)43)22-26-40-28-30(6-2)31(27-35(38)40)32(29-44-3)36(42)45-4/h15-16,20-21,29-31,35,39H,5-14,17-19,22-28H2,1-4H3/b32-29+/t30-,31-,35?,38+/m0/s1. The maximum atomic E-state index is 14.5. The summed E-state index contributed by atoms with van der Waals surface area (Å²) in [4.78, 5) is 32.0. The molecule has 3 aliphatic rings. The molecule has 0 aliphatic carbocycles. The molecule has 4 rings (SSSR count). The van der Waals surface area contributed by atoms with E-state index in [0.717, 1.165) is 64.0 Å². The summed E-state index contributed by atoms with van der Waals surface area (Å²) in [7, 11) is 3.02. The number of piperidine rings is 1. The molecule has 4 atom stereocenters. The van der Waals surface area contributed by atoms with E-state index in [1.165, 1.54) is 83.4 Å². The summed E-state index contributed by atoms with van der Waals surface area (Å²) in [5.41, 5.74) is 2.32. The summed E-state index contributed by atoms with van der Waals surface area (Å²) < 4.78 is 10.5. The van der Waals surface area contributed by atoms with Crippen LogP contribution in [0.5, 0.6) is 0 Å². The second kappa shape index (κ2) is 18.1. The molecule has 252 valence electrons. The molecule has 45 heavy (non-hydrogen) atoms. The Hall–Kier alpha value is -2.38. The van der Waals surface area contributed by atoms with E-state index in [1.807, 2.05) is 0 Å². The molecule has 1 aromatic rings. The Balaban J connectivity index is 1.29. The number of ether oxygens (including phenoxy) is 2. The molecule has 7 heteroatoms. The second-order valence-electron chi connectivity index (χ2n) is 13.7. The van der Waals surface area contributed by atoms with E-state index in [2.05, 4.69) is 53.2 Å². The third-order valence-electron chi connectivity index (χ3n) is 10.9. The highest BCUT2D eigenvalue weighted by atomic mass is 16.5. The maximum absolute atomic E-state index is 14.5. The Morgan fingerprint density at radius 2 is 1.62 bits per heavy atom. The first-order chi connectivity index (χ1) is 22.0. The monoisotopic (exact) mass is 623 g/mol. The molecule has 3 heterocycles. The van der Waals surface area contributed by atoms with Crippen LogP contribution in [0.4, 0.5) is 5.69 Å². The van der Waals surface area contributed by atoms with E-state index in [0.29, 0.717) is 11.5 Å². The summed E-state index contributed by atoms with van der Waals surface area (Å²) >= 11 is 0. The fourth-order valence-electron chi connectivity index (χ4n) is 8.43. The smallest absolute Gasteiger partial charge is 0.337 e. The number of para-hydroxylation sites is 1. The van der Waals surface area contributed by atoms with Crippen LogP contribution in [0.2, 0.25) is 0 Å². The number of fused-ring (bicyclic) bond motifs is 4. The van der Waals surface area contributed by atoms with Gasteiger partial charge in [0.2, 0.25) is 5.91 Å². The van der Waals surface area contributed by atoms with Gasteiger partial charge in [-0.25, -0.2) is 4.79 Å². The Bertz CT molecular complexity index is 1110. The van der Waals surface area contributed by atoms with Crippen LogP contribution in [0.25, 0.3) is 0 Å². The molecule has 2 saturated heterocycles. The summed E-state index contributed by atoms with van der Waals surface area (Å²) in [6.07, 6.45) is 19.4. The minimum absolute atomic E-state index is 0.000956. The van der Waals surface area contributed by atoms with Gasteiger partial charge in [-0.15, -0.1) is 0 Å². The number of anilines is 1. The molecule has 1 unspecified atom stereocenters. The Morgan fingerprint density at radius 3 is 2.29 bits per heavy atom. The molecule has 1 aromatic carbocycles. The van der Waals surface area contributed by atoms with E-state index in [9.17, 15) is 9.59 Å². The molecule has 7 nitrogen and oxygen atoms in total. The van der Waals surface area contributed by atoms with E-state index in [4.69, 9.17) is 9.47 Å². The first-order valence-electron chi connectivity index (χ1n) is 18.2. The van der Waals surface area contributed by atoms with Crippen LogP contribution in [0, 0.1) is 11.8 Å². The number of esters is 1. The summed E-state index contributed by atoms with van der Waals surface area (Å²) in [6, 6.07) is 8.54. The molecule has 1 spiro atoms. The maximum Gasteiger partial charge on any atom is 0.337 e. The van der Waals surface area contributed by atoms with Crippen molar-refractivity contribution >= 4 is 17.6 Å². The quantitative estimate of drug-likeness (QED) is 0.0707. The van der Waals surface area contributed by atoms with Crippen LogP contribution < -0.4 is 10.2 Å². The van der Waals surface area contributed by atoms with Gasteiger partial charge in [-0.05, 0) is 75.2 Å². The highest BCUT2D eigenvalue weighted by molar-refractivity contribution is 6.09. The highest BCUT2D eigenvalue weighted by Crippen LogP contribution is 2.55. The van der Waals surface area contributed by atoms with Gasteiger partial charge in [0.15, 0.2) is 0 Å². The summed E-state index contributed by atoms with van der Waals surface area (Å²) in [6.45, 7) is 9.36. The first kappa shape index (κ1) is 35.5. The number of nitrogens with zero attached hydrogens (tertiary/aromatic N) is 2. The number of carbonyl (C=O) groups is 2. The first-order valence-corrected chi connectivity index (χ1v) is 18.2. The number of hydrogen-bond acceptors (Lipinski definition) is 6. The minimum Gasteiger partial charge on any atom is -0.504 e. The molecule has 1 amide bonds. The molecule has 0 saturated carbocycles. The van der Waals surface area contributed by atoms with Gasteiger partial charge in [0.1, 0.15) is 0 Å². The van der Waals surface area contributed by atoms with E-state index < -0.39 is 5.41 Å². The van der Waals surface area contributed by atoms with E-state index >= 15 is 0 Å². The molecule has 1 N–H and O–H groups in total. The van der Waals surface area contributed by atoms with Gasteiger partial charge >= 0.3 is 5.97 Å². The zero-order valence-electron chi connectivity index (χ0n) is 28.8. The SMILES string of the molecule is CCCCCCCNCCCCCCCCCN1C(=O)[C@]2(CCN3C[C@H](CC)[C@@H](/C(=C\OC)C(=O)OC)CC32)c2ccccc21. The molecule has 3 aliphatic heterocycles. The number of nitrogens with one attached hydrogen (secondary N) is 1. The lowest BCUT2D eigenvalue weighted by Gasteiger charge is -2.45. The topological polar surface area (TPSA) is 71.1 Å². The lowest BCUT2D eigenvalue weighted by molar-refractivity contribution is -0.137. The van der Waals surface area contributed by atoms with Crippen LogP contribution in [-0.4, -0.2) is 69.8 Å². The van der Waals surface area contributed by atoms with Crippen LogP contribution in [0.3, 0.4) is 0 Å². The van der Waals surface area contributed by atoms with Gasteiger partial charge in [-0.3, -0.25) is 9.69 Å². The lowest BCUT2D eigenvalue weighted by atomic mass is 9.67. The normalized spacial score (nSPS) is 24.7. The van der Waals surface area contributed by atoms with Crippen LogP contribution in [0.1, 0.15) is 116 Å². The second-order valence-corrected chi connectivity index (χ2v) is 13.7. The number of amides is 1. The van der Waals surface area contributed by atoms with E-state index in [-0.39, 0.29) is 23.8 Å². The van der Waals surface area contributed by atoms with Gasteiger partial charge in [-0.1, -0.05) is 96.3 Å². The molecule has 0 bridgehead atoms. The predicted molar refractivity (Wildman–Crippen MR) is 183 cm³/mol. The van der Waals surface area contributed by atoms with Gasteiger partial charge in [0.25, 0.3) is 0 Å². The summed E-state index contributed by atoms with van der Waals surface area (Å²) in [5.74, 6) is 0.249. The number of methoxy groups -OCH3 is 2. The van der Waals surface area contributed by atoms with Gasteiger partial charge in [0, 0.05) is 24.8 Å². The molecular weight excluding hydrogens is 562 g/mol. The average Bonchev–Trinajstić information content (AvgIpc) is 3.55. The van der Waals surface area contributed by atoms with Crippen molar-refractivity contribution in [1.29, 1.82) is 0 Å². The third kappa shape index (κ3) is 8.32. The van der Waals surface area contributed by atoms with Crippen molar-refractivity contribution in [2.24, 2.45) is 11.8 Å². The number of rotatable bonds is 20. The minimum atomic E-state index is -0.550. The zero-order valence-corrected chi connectivity index (χ0v) is 28.8. The number of unbranched alkanes of at least 4 members (excludes halogenated alkanes) is 10. The fraction of sp³-hybridized carbons (Fsp3) is 0.737. The van der Waals surface area contributed by atoms with Gasteiger partial charge < -0.3 is 19.7 Å². The molecule has 0 aromatic heterocycles. The van der Waals surface area contributed by atoms with Crippen molar-refractivity contribution in [3.63, 3.8) is 0 Å². The Morgan fingerprint density at radius 1 is 0.956 bits per heavy atom. The van der Waals surface area contributed by atoms with Crippen molar-refractivity contribution in [2.75, 3.05) is 51.8 Å². The zero-order chi connectivity index (χ0) is 32.1. The molecule has 0 radical (unpaired) electrons. The Kier molecular flexibility index (Phi) is 14.3. The highest BCUT2D eigenvalue weighted by Gasteiger charge is 2.62. The lowest BCUT2D eigenvalue weighted by Crippen LogP contribution is -2.55. The Labute approximate surface area is 273 Å². The van der Waals surface area contributed by atoms with Crippen molar-refractivity contribution in [3.8, 4) is 0 Å². The van der Waals surface area contributed by atoms with Crippen LogP contribution >= 0.6 is 0 Å².